The second-order valence-corrected chi connectivity index (χ2v) is 5.00. The van der Waals surface area contributed by atoms with E-state index in [-0.39, 0.29) is 0 Å². The molecule has 0 aliphatic carbocycles. The molecule has 0 spiro atoms. The van der Waals surface area contributed by atoms with Gasteiger partial charge in [0.25, 0.3) is 0 Å². The second kappa shape index (κ2) is 6.26. The van der Waals surface area contributed by atoms with Gasteiger partial charge < -0.3 is 10.3 Å². The molecule has 1 aliphatic heterocycles. The van der Waals surface area contributed by atoms with Crippen molar-refractivity contribution in [1.29, 1.82) is 0 Å². The van der Waals surface area contributed by atoms with Crippen LogP contribution in [0.1, 0.15) is 11.1 Å². The van der Waals surface area contributed by atoms with Gasteiger partial charge in [0.1, 0.15) is 0 Å². The maximum absolute atomic E-state index is 3.29. The highest BCUT2D eigenvalue weighted by Gasteiger charge is 2.12. The number of rotatable bonds is 4. The van der Waals surface area contributed by atoms with Crippen LogP contribution in [-0.2, 0) is 13.1 Å². The smallest absolute Gasteiger partial charge is 0.0887 e. The van der Waals surface area contributed by atoms with Gasteiger partial charge in [-0.25, -0.2) is 5.01 Å². The van der Waals surface area contributed by atoms with Crippen molar-refractivity contribution in [3.05, 3.63) is 84.2 Å². The van der Waals surface area contributed by atoms with E-state index >= 15 is 0 Å². The van der Waals surface area contributed by atoms with E-state index in [1.54, 1.807) is 0 Å². The summed E-state index contributed by atoms with van der Waals surface area (Å²) in [7, 11) is 0. The van der Waals surface area contributed by atoms with Crippen LogP contribution >= 0.6 is 0 Å². The molecule has 0 saturated heterocycles. The molecule has 0 fully saturated rings. The number of benzene rings is 2. The van der Waals surface area contributed by atoms with Crippen molar-refractivity contribution in [1.82, 2.24) is 15.3 Å². The first kappa shape index (κ1) is 12.8. The van der Waals surface area contributed by atoms with Crippen LogP contribution in [0.4, 0.5) is 0 Å². The summed E-state index contributed by atoms with van der Waals surface area (Å²) in [4.78, 5) is 2.30. The summed E-state index contributed by atoms with van der Waals surface area (Å²) in [6, 6.07) is 21.1. The molecule has 0 saturated carbocycles. The summed E-state index contributed by atoms with van der Waals surface area (Å²) in [6.07, 6.45) is 4.10. The molecule has 0 amide bonds. The zero-order valence-electron chi connectivity index (χ0n) is 11.4. The van der Waals surface area contributed by atoms with Gasteiger partial charge in [0.05, 0.1) is 6.67 Å². The van der Waals surface area contributed by atoms with Gasteiger partial charge in [-0.1, -0.05) is 60.7 Å². The van der Waals surface area contributed by atoms with Crippen LogP contribution in [0.15, 0.2) is 73.1 Å². The third-order valence-electron chi connectivity index (χ3n) is 3.34. The van der Waals surface area contributed by atoms with Crippen LogP contribution in [-0.4, -0.2) is 16.6 Å². The number of hydrogen-bond donors (Lipinski definition) is 1. The lowest BCUT2D eigenvalue weighted by Gasteiger charge is -2.33. The quantitative estimate of drug-likeness (QED) is 0.917. The molecule has 3 heteroatoms. The Morgan fingerprint density at radius 3 is 2.05 bits per heavy atom. The molecule has 1 aliphatic rings. The highest BCUT2D eigenvalue weighted by Crippen LogP contribution is 2.10. The standard InChI is InChI=1S/C17H19N3/c1-3-7-16(8-4-1)13-19-12-11-18-20(15-19)14-17-9-5-2-6-10-17/h1-12,18H,13-15H2. The third kappa shape index (κ3) is 3.39. The van der Waals surface area contributed by atoms with E-state index in [4.69, 9.17) is 0 Å². The molecule has 1 heterocycles. The first-order valence-electron chi connectivity index (χ1n) is 6.90. The van der Waals surface area contributed by atoms with E-state index in [1.165, 1.54) is 11.1 Å². The van der Waals surface area contributed by atoms with Crippen LogP contribution in [0.25, 0.3) is 0 Å². The zero-order chi connectivity index (χ0) is 13.6. The fourth-order valence-electron chi connectivity index (χ4n) is 2.37. The summed E-state index contributed by atoms with van der Waals surface area (Å²) in [5, 5.41) is 2.21. The molecule has 0 aromatic heterocycles. The molecule has 3 nitrogen and oxygen atoms in total. The molecule has 3 rings (SSSR count). The summed E-state index contributed by atoms with van der Waals surface area (Å²) in [5.74, 6) is 0. The summed E-state index contributed by atoms with van der Waals surface area (Å²) in [5.41, 5.74) is 5.94. The highest BCUT2D eigenvalue weighted by atomic mass is 15.6. The molecule has 20 heavy (non-hydrogen) atoms. The SMILES string of the molecule is C1=CN(Cc2ccccc2)CN(Cc2ccccc2)N1. The molecule has 0 unspecified atom stereocenters. The van der Waals surface area contributed by atoms with E-state index in [1.807, 2.05) is 6.20 Å². The Bertz CT molecular complexity index is 551. The molecule has 102 valence electrons. The predicted molar refractivity (Wildman–Crippen MR) is 81.1 cm³/mol. The highest BCUT2D eigenvalue weighted by molar-refractivity contribution is 5.16. The number of hydrazine groups is 1. The molecule has 1 N–H and O–H groups in total. The Morgan fingerprint density at radius 1 is 0.800 bits per heavy atom. The molecule has 0 bridgehead atoms. The Labute approximate surface area is 120 Å². The van der Waals surface area contributed by atoms with Gasteiger partial charge in [-0.2, -0.15) is 0 Å². The Hall–Kier alpha value is -2.26. The van der Waals surface area contributed by atoms with Gasteiger partial charge in [-0.05, 0) is 11.1 Å². The van der Waals surface area contributed by atoms with Gasteiger partial charge in [-0.3, -0.25) is 0 Å². The molecular weight excluding hydrogens is 246 g/mol. The first-order chi connectivity index (χ1) is 9.90. The van der Waals surface area contributed by atoms with Crippen LogP contribution < -0.4 is 5.43 Å². The number of nitrogens with one attached hydrogen (secondary N) is 1. The Balaban J connectivity index is 1.59. The lowest BCUT2D eigenvalue weighted by Crippen LogP contribution is -2.44. The predicted octanol–water partition coefficient (Wildman–Crippen LogP) is 2.94. The largest absolute Gasteiger partial charge is 0.357 e. The topological polar surface area (TPSA) is 18.5 Å². The van der Waals surface area contributed by atoms with Gasteiger partial charge in [-0.15, -0.1) is 0 Å². The van der Waals surface area contributed by atoms with E-state index < -0.39 is 0 Å². The molecule has 2 aromatic rings. The molecule has 0 atom stereocenters. The number of hydrogen-bond acceptors (Lipinski definition) is 3. The van der Waals surface area contributed by atoms with Gasteiger partial charge in [0.15, 0.2) is 0 Å². The van der Waals surface area contributed by atoms with E-state index in [2.05, 4.69) is 82.2 Å². The van der Waals surface area contributed by atoms with Crippen molar-refractivity contribution in [3.63, 3.8) is 0 Å². The van der Waals surface area contributed by atoms with E-state index in [0.29, 0.717) is 0 Å². The summed E-state index contributed by atoms with van der Waals surface area (Å²) >= 11 is 0. The third-order valence-corrected chi connectivity index (χ3v) is 3.34. The lowest BCUT2D eigenvalue weighted by molar-refractivity contribution is 0.104. The van der Waals surface area contributed by atoms with Gasteiger partial charge in [0, 0.05) is 25.5 Å². The average molecular weight is 265 g/mol. The van der Waals surface area contributed by atoms with Gasteiger partial charge >= 0.3 is 0 Å². The number of nitrogens with zero attached hydrogens (tertiary/aromatic N) is 2. The Morgan fingerprint density at radius 2 is 1.40 bits per heavy atom. The Kier molecular flexibility index (Phi) is 3.99. The average Bonchev–Trinajstić information content (AvgIpc) is 2.50. The molecule has 0 radical (unpaired) electrons. The maximum Gasteiger partial charge on any atom is 0.0887 e. The minimum absolute atomic E-state index is 0.875. The molecular formula is C17H19N3. The van der Waals surface area contributed by atoms with Crippen molar-refractivity contribution < 1.29 is 0 Å². The minimum Gasteiger partial charge on any atom is -0.357 e. The summed E-state index contributed by atoms with van der Waals surface area (Å²) in [6.45, 7) is 2.71. The van der Waals surface area contributed by atoms with Crippen molar-refractivity contribution in [2.75, 3.05) is 6.67 Å². The van der Waals surface area contributed by atoms with E-state index in [9.17, 15) is 0 Å². The normalized spacial score (nSPS) is 15.1. The molecule has 2 aromatic carbocycles. The zero-order valence-corrected chi connectivity index (χ0v) is 11.4. The van der Waals surface area contributed by atoms with Crippen molar-refractivity contribution in [2.24, 2.45) is 0 Å². The van der Waals surface area contributed by atoms with Crippen molar-refractivity contribution in [2.45, 2.75) is 13.1 Å². The summed E-state index contributed by atoms with van der Waals surface area (Å²) < 4.78 is 0. The van der Waals surface area contributed by atoms with Crippen molar-refractivity contribution in [3.8, 4) is 0 Å². The fourth-order valence-corrected chi connectivity index (χ4v) is 2.37. The fraction of sp³-hybridized carbons (Fsp3) is 0.176. The van der Waals surface area contributed by atoms with E-state index in [0.717, 1.165) is 19.8 Å². The van der Waals surface area contributed by atoms with Crippen LogP contribution in [0.5, 0.6) is 0 Å². The second-order valence-electron chi connectivity index (χ2n) is 5.00. The van der Waals surface area contributed by atoms with Gasteiger partial charge in [0.2, 0.25) is 0 Å². The first-order valence-corrected chi connectivity index (χ1v) is 6.90. The van der Waals surface area contributed by atoms with Crippen molar-refractivity contribution >= 4 is 0 Å². The lowest BCUT2D eigenvalue weighted by atomic mass is 10.2. The van der Waals surface area contributed by atoms with Crippen LogP contribution in [0.2, 0.25) is 0 Å². The minimum atomic E-state index is 0.875. The van der Waals surface area contributed by atoms with Crippen LogP contribution in [0.3, 0.4) is 0 Å². The monoisotopic (exact) mass is 265 g/mol. The van der Waals surface area contributed by atoms with Crippen LogP contribution in [0, 0.1) is 0 Å². The maximum atomic E-state index is 3.29.